The summed E-state index contributed by atoms with van der Waals surface area (Å²) < 4.78 is 14.7. The zero-order valence-electron chi connectivity index (χ0n) is 15.9. The molecule has 1 atom stereocenters. The number of thioether (sulfide) groups is 1. The lowest BCUT2D eigenvalue weighted by Gasteiger charge is -2.17. The van der Waals surface area contributed by atoms with Crippen LogP contribution in [0.4, 0.5) is 4.39 Å². The Kier molecular flexibility index (Phi) is 5.33. The number of rotatable bonds is 5. The van der Waals surface area contributed by atoms with E-state index < -0.39 is 17.0 Å². The number of hydrogen-bond acceptors (Lipinski definition) is 5. The van der Waals surface area contributed by atoms with Crippen molar-refractivity contribution in [2.24, 2.45) is 5.73 Å². The van der Waals surface area contributed by atoms with Crippen LogP contribution in [0.2, 0.25) is 0 Å². The summed E-state index contributed by atoms with van der Waals surface area (Å²) in [6.45, 7) is 1.89. The van der Waals surface area contributed by atoms with Crippen molar-refractivity contribution in [1.29, 1.82) is 0 Å². The number of benzene rings is 2. The molecule has 2 aromatic carbocycles. The summed E-state index contributed by atoms with van der Waals surface area (Å²) in [6, 6.07) is 16.0. The van der Waals surface area contributed by atoms with E-state index >= 15 is 0 Å². The van der Waals surface area contributed by atoms with Crippen molar-refractivity contribution in [1.82, 2.24) is 14.5 Å². The molecule has 1 unspecified atom stereocenters. The largest absolute Gasteiger partial charge is 0.368 e. The summed E-state index contributed by atoms with van der Waals surface area (Å²) in [7, 11) is 0. The van der Waals surface area contributed by atoms with E-state index in [1.54, 1.807) is 36.5 Å². The molecule has 0 fully saturated rings. The Bertz CT molecular complexity index is 1290. The number of para-hydroxylation sites is 1. The van der Waals surface area contributed by atoms with Gasteiger partial charge in [0.05, 0.1) is 10.9 Å². The number of carbonyl (C=O) groups excluding carboxylic acids is 1. The van der Waals surface area contributed by atoms with Crippen LogP contribution >= 0.6 is 11.8 Å². The third-order valence-electron chi connectivity index (χ3n) is 4.52. The number of aryl methyl sites for hydroxylation is 1. The molecule has 0 aliphatic heterocycles. The fourth-order valence-corrected chi connectivity index (χ4v) is 4.07. The molecule has 0 spiro atoms. The summed E-state index contributed by atoms with van der Waals surface area (Å²) in [4.78, 5) is 34.4. The highest BCUT2D eigenvalue weighted by Crippen LogP contribution is 2.35. The van der Waals surface area contributed by atoms with E-state index in [1.807, 2.05) is 13.0 Å². The topological polar surface area (TPSA) is 90.9 Å². The van der Waals surface area contributed by atoms with Crippen LogP contribution in [-0.2, 0) is 4.79 Å². The van der Waals surface area contributed by atoms with Crippen molar-refractivity contribution in [2.75, 3.05) is 0 Å². The SMILES string of the molecule is Cc1ccc(-n2c(SC(C(N)=O)c3ccc(F)cc3)nc3ccccc3c2=O)nc1. The summed E-state index contributed by atoms with van der Waals surface area (Å²) >= 11 is 1.03. The van der Waals surface area contributed by atoms with Crippen molar-refractivity contribution in [3.8, 4) is 5.82 Å². The van der Waals surface area contributed by atoms with Crippen LogP contribution in [0.5, 0.6) is 0 Å². The van der Waals surface area contributed by atoms with Gasteiger partial charge in [0, 0.05) is 6.20 Å². The predicted octanol–water partition coefficient (Wildman–Crippen LogP) is 3.55. The standard InChI is InChI=1S/C22H17FN4O2S/c1-13-6-11-18(25-12-13)27-21(29)16-4-2-3-5-17(16)26-22(27)30-19(20(24)28)14-7-9-15(23)10-8-14/h2-12,19H,1H3,(H2,24,28). The van der Waals surface area contributed by atoms with Gasteiger partial charge in [-0.05, 0) is 48.4 Å². The molecule has 4 rings (SSSR count). The highest BCUT2D eigenvalue weighted by molar-refractivity contribution is 8.00. The molecule has 30 heavy (non-hydrogen) atoms. The lowest BCUT2D eigenvalue weighted by atomic mass is 10.1. The Morgan fingerprint density at radius 1 is 1.10 bits per heavy atom. The van der Waals surface area contributed by atoms with Gasteiger partial charge in [-0.3, -0.25) is 9.59 Å². The van der Waals surface area contributed by atoms with Gasteiger partial charge in [-0.1, -0.05) is 42.1 Å². The van der Waals surface area contributed by atoms with Crippen molar-refractivity contribution in [2.45, 2.75) is 17.3 Å². The van der Waals surface area contributed by atoms with E-state index in [9.17, 15) is 14.0 Å². The van der Waals surface area contributed by atoms with Crippen molar-refractivity contribution >= 4 is 28.6 Å². The zero-order chi connectivity index (χ0) is 21.3. The van der Waals surface area contributed by atoms with E-state index in [-0.39, 0.29) is 10.7 Å². The Morgan fingerprint density at radius 3 is 2.50 bits per heavy atom. The molecule has 150 valence electrons. The molecule has 8 heteroatoms. The second-order valence-electron chi connectivity index (χ2n) is 6.70. The fraction of sp³-hybridized carbons (Fsp3) is 0.0909. The van der Waals surface area contributed by atoms with Crippen LogP contribution in [0, 0.1) is 12.7 Å². The molecular weight excluding hydrogens is 403 g/mol. The highest BCUT2D eigenvalue weighted by Gasteiger charge is 2.24. The fourth-order valence-electron chi connectivity index (χ4n) is 3.02. The maximum absolute atomic E-state index is 13.3. The molecule has 2 N–H and O–H groups in total. The number of nitrogens with two attached hydrogens (primary N) is 1. The highest BCUT2D eigenvalue weighted by atomic mass is 32.2. The molecular formula is C22H17FN4O2S. The van der Waals surface area contributed by atoms with Gasteiger partial charge in [0.1, 0.15) is 16.9 Å². The summed E-state index contributed by atoms with van der Waals surface area (Å²) in [5, 5.41) is -0.167. The Hall–Kier alpha value is -3.52. The van der Waals surface area contributed by atoms with E-state index in [0.29, 0.717) is 22.3 Å². The van der Waals surface area contributed by atoms with Gasteiger partial charge < -0.3 is 5.73 Å². The molecule has 4 aromatic rings. The summed E-state index contributed by atoms with van der Waals surface area (Å²) in [5.74, 6) is -0.664. The molecule has 6 nitrogen and oxygen atoms in total. The number of halogens is 1. The number of primary amides is 1. The number of aromatic nitrogens is 3. The van der Waals surface area contributed by atoms with Gasteiger partial charge in [0.25, 0.3) is 5.56 Å². The van der Waals surface area contributed by atoms with Crippen LogP contribution < -0.4 is 11.3 Å². The average molecular weight is 420 g/mol. The number of nitrogens with zero attached hydrogens (tertiary/aromatic N) is 3. The van der Waals surface area contributed by atoms with Crippen LogP contribution in [0.3, 0.4) is 0 Å². The quantitative estimate of drug-likeness (QED) is 0.394. The Labute approximate surface area is 175 Å². The van der Waals surface area contributed by atoms with Crippen molar-refractivity contribution in [3.63, 3.8) is 0 Å². The van der Waals surface area contributed by atoms with Crippen LogP contribution in [0.1, 0.15) is 16.4 Å². The molecule has 0 saturated heterocycles. The Balaban J connectivity index is 1.91. The number of amides is 1. The van der Waals surface area contributed by atoms with Gasteiger partial charge in [0.15, 0.2) is 5.16 Å². The third kappa shape index (κ3) is 3.81. The minimum absolute atomic E-state index is 0.267. The normalized spacial score (nSPS) is 12.1. The van der Waals surface area contributed by atoms with Gasteiger partial charge in [0.2, 0.25) is 5.91 Å². The second kappa shape index (κ2) is 8.08. The molecule has 0 aliphatic rings. The first-order chi connectivity index (χ1) is 14.4. The lowest BCUT2D eigenvalue weighted by Crippen LogP contribution is -2.25. The van der Waals surface area contributed by atoms with Crippen molar-refractivity contribution in [3.05, 3.63) is 94.2 Å². The average Bonchev–Trinajstić information content (AvgIpc) is 2.74. The minimum atomic E-state index is -0.865. The number of carbonyl (C=O) groups is 1. The first-order valence-corrected chi connectivity index (χ1v) is 9.98. The first-order valence-electron chi connectivity index (χ1n) is 9.10. The van der Waals surface area contributed by atoms with Crippen LogP contribution in [-0.4, -0.2) is 20.4 Å². The molecule has 0 radical (unpaired) electrons. The Morgan fingerprint density at radius 2 is 1.83 bits per heavy atom. The lowest BCUT2D eigenvalue weighted by molar-refractivity contribution is -0.117. The summed E-state index contributed by atoms with van der Waals surface area (Å²) in [6.07, 6.45) is 1.65. The third-order valence-corrected chi connectivity index (χ3v) is 5.75. The maximum atomic E-state index is 13.3. The number of pyridine rings is 1. The number of hydrogen-bond donors (Lipinski definition) is 1. The maximum Gasteiger partial charge on any atom is 0.267 e. The molecule has 1 amide bonds. The summed E-state index contributed by atoms with van der Waals surface area (Å²) in [5.41, 5.74) is 7.28. The minimum Gasteiger partial charge on any atom is -0.368 e. The predicted molar refractivity (Wildman–Crippen MR) is 114 cm³/mol. The monoisotopic (exact) mass is 420 g/mol. The number of fused-ring (bicyclic) bond motifs is 1. The molecule has 2 heterocycles. The van der Waals surface area contributed by atoms with E-state index in [0.717, 1.165) is 17.3 Å². The molecule has 0 bridgehead atoms. The smallest absolute Gasteiger partial charge is 0.267 e. The van der Waals surface area contributed by atoms with Gasteiger partial charge in [-0.25, -0.2) is 18.9 Å². The van der Waals surface area contributed by atoms with Gasteiger partial charge in [-0.15, -0.1) is 0 Å². The van der Waals surface area contributed by atoms with Crippen molar-refractivity contribution < 1.29 is 9.18 Å². The van der Waals surface area contributed by atoms with E-state index in [1.165, 1.54) is 28.8 Å². The van der Waals surface area contributed by atoms with E-state index in [2.05, 4.69) is 9.97 Å². The molecule has 0 saturated carbocycles. The van der Waals surface area contributed by atoms with Crippen LogP contribution in [0.25, 0.3) is 16.7 Å². The van der Waals surface area contributed by atoms with Crippen LogP contribution in [0.15, 0.2) is 76.8 Å². The first kappa shape index (κ1) is 19.8. The van der Waals surface area contributed by atoms with E-state index in [4.69, 9.17) is 5.73 Å². The van der Waals surface area contributed by atoms with Gasteiger partial charge >= 0.3 is 0 Å². The molecule has 2 aromatic heterocycles. The molecule has 0 aliphatic carbocycles. The zero-order valence-corrected chi connectivity index (χ0v) is 16.8. The second-order valence-corrected chi connectivity index (χ2v) is 7.77. The van der Waals surface area contributed by atoms with Gasteiger partial charge in [-0.2, -0.15) is 0 Å².